The number of alkyl halides is 1. The van der Waals surface area contributed by atoms with Gasteiger partial charge in [0.05, 0.1) is 5.56 Å². The second-order valence-corrected chi connectivity index (χ2v) is 6.45. The Hall–Kier alpha value is -0.300. The van der Waals surface area contributed by atoms with E-state index in [4.69, 9.17) is 0 Å². The van der Waals surface area contributed by atoms with Crippen molar-refractivity contribution in [3.05, 3.63) is 27.3 Å². The molecule has 1 aromatic carbocycles. The first-order valence-corrected chi connectivity index (χ1v) is 7.38. The summed E-state index contributed by atoms with van der Waals surface area (Å²) in [7, 11) is 0. The lowest BCUT2D eigenvalue weighted by molar-refractivity contribution is 0.0937. The van der Waals surface area contributed by atoms with Crippen LogP contribution in [0.25, 0.3) is 0 Å². The smallest absolute Gasteiger partial charge is 0.255 e. The minimum absolute atomic E-state index is 0.00673. The van der Waals surface area contributed by atoms with E-state index in [1.807, 2.05) is 0 Å². The number of aromatic hydroxyl groups is 1. The van der Waals surface area contributed by atoms with Crippen LogP contribution in [0.15, 0.2) is 18.2 Å². The molecule has 0 saturated carbocycles. The van der Waals surface area contributed by atoms with Crippen LogP contribution in [0.2, 0.25) is 0 Å². The van der Waals surface area contributed by atoms with Gasteiger partial charge in [-0.15, -0.1) is 0 Å². The molecule has 94 valence electrons. The maximum atomic E-state index is 11.9. The third kappa shape index (κ3) is 4.46. The van der Waals surface area contributed by atoms with Gasteiger partial charge in [-0.2, -0.15) is 0 Å². The standard InChI is InChI=1S/C12H15BrINO2/c1-12(2,6-13)7-15-11(17)9-5-8(14)3-4-10(9)16/h3-5,16H,6-7H2,1-2H3,(H,15,17). The lowest BCUT2D eigenvalue weighted by Gasteiger charge is -2.22. The van der Waals surface area contributed by atoms with Gasteiger partial charge in [0.1, 0.15) is 5.75 Å². The van der Waals surface area contributed by atoms with Crippen molar-refractivity contribution in [2.45, 2.75) is 13.8 Å². The monoisotopic (exact) mass is 411 g/mol. The lowest BCUT2D eigenvalue weighted by atomic mass is 9.97. The summed E-state index contributed by atoms with van der Waals surface area (Å²) in [6.45, 7) is 4.66. The molecule has 0 bridgehead atoms. The highest BCUT2D eigenvalue weighted by Crippen LogP contribution is 2.21. The number of phenolic OH excluding ortho intramolecular Hbond substituents is 1. The normalized spacial score (nSPS) is 11.3. The molecule has 1 aromatic rings. The fraction of sp³-hybridized carbons (Fsp3) is 0.417. The van der Waals surface area contributed by atoms with E-state index < -0.39 is 0 Å². The predicted molar refractivity (Wildman–Crippen MR) is 80.7 cm³/mol. The molecule has 0 radical (unpaired) electrons. The molecule has 17 heavy (non-hydrogen) atoms. The molecule has 0 aromatic heterocycles. The van der Waals surface area contributed by atoms with Gasteiger partial charge in [-0.1, -0.05) is 29.8 Å². The van der Waals surface area contributed by atoms with Crippen LogP contribution in [0.1, 0.15) is 24.2 Å². The first-order valence-electron chi connectivity index (χ1n) is 5.18. The summed E-state index contributed by atoms with van der Waals surface area (Å²) < 4.78 is 0.922. The van der Waals surface area contributed by atoms with Crippen molar-refractivity contribution in [3.63, 3.8) is 0 Å². The first kappa shape index (κ1) is 14.8. The van der Waals surface area contributed by atoms with Gasteiger partial charge < -0.3 is 10.4 Å². The van der Waals surface area contributed by atoms with Gasteiger partial charge >= 0.3 is 0 Å². The summed E-state index contributed by atoms with van der Waals surface area (Å²) in [4.78, 5) is 11.9. The fourth-order valence-corrected chi connectivity index (χ4v) is 1.84. The molecular weight excluding hydrogens is 397 g/mol. The second kappa shape index (κ2) is 6.04. The molecule has 0 aliphatic rings. The Labute approximate surface area is 123 Å². The van der Waals surface area contributed by atoms with Crippen LogP contribution in [0.5, 0.6) is 5.75 Å². The molecule has 1 rings (SSSR count). The van der Waals surface area contributed by atoms with Crippen LogP contribution in [0.3, 0.4) is 0 Å². The Balaban J connectivity index is 2.74. The van der Waals surface area contributed by atoms with Crippen LogP contribution in [-0.2, 0) is 0 Å². The number of carbonyl (C=O) groups is 1. The summed E-state index contributed by atoms with van der Waals surface area (Å²) in [6, 6.07) is 4.97. The summed E-state index contributed by atoms with van der Waals surface area (Å²) in [5, 5.41) is 13.2. The molecule has 0 saturated heterocycles. The molecule has 0 fully saturated rings. The van der Waals surface area contributed by atoms with E-state index in [-0.39, 0.29) is 17.1 Å². The van der Waals surface area contributed by atoms with Gasteiger partial charge in [-0.05, 0) is 46.2 Å². The number of hydrogen-bond donors (Lipinski definition) is 2. The summed E-state index contributed by atoms with van der Waals surface area (Å²) in [5.74, 6) is -0.227. The van der Waals surface area contributed by atoms with E-state index in [2.05, 4.69) is 57.7 Å². The summed E-state index contributed by atoms with van der Waals surface area (Å²) in [5.41, 5.74) is 0.315. The minimum atomic E-state index is -0.241. The van der Waals surface area contributed by atoms with Crippen molar-refractivity contribution in [1.29, 1.82) is 0 Å². The van der Waals surface area contributed by atoms with Crippen molar-refractivity contribution >= 4 is 44.4 Å². The van der Waals surface area contributed by atoms with Crippen molar-refractivity contribution in [3.8, 4) is 5.75 Å². The number of halogens is 2. The largest absolute Gasteiger partial charge is 0.507 e. The van der Waals surface area contributed by atoms with E-state index in [9.17, 15) is 9.90 Å². The van der Waals surface area contributed by atoms with Gasteiger partial charge in [0.15, 0.2) is 0 Å². The highest BCUT2D eigenvalue weighted by molar-refractivity contribution is 14.1. The number of benzene rings is 1. The van der Waals surface area contributed by atoms with Crippen LogP contribution in [-0.4, -0.2) is 22.9 Å². The molecule has 1 amide bonds. The maximum absolute atomic E-state index is 11.9. The molecule has 0 aliphatic carbocycles. The van der Waals surface area contributed by atoms with E-state index in [1.54, 1.807) is 12.1 Å². The molecule has 0 unspecified atom stereocenters. The lowest BCUT2D eigenvalue weighted by Crippen LogP contribution is -2.34. The van der Waals surface area contributed by atoms with Gasteiger partial charge in [-0.25, -0.2) is 0 Å². The Bertz CT molecular complexity index is 421. The molecule has 5 heteroatoms. The second-order valence-electron chi connectivity index (χ2n) is 4.64. The van der Waals surface area contributed by atoms with E-state index in [0.29, 0.717) is 12.1 Å². The zero-order chi connectivity index (χ0) is 13.1. The number of rotatable bonds is 4. The van der Waals surface area contributed by atoms with Gasteiger partial charge in [0.25, 0.3) is 5.91 Å². The van der Waals surface area contributed by atoms with Crippen LogP contribution < -0.4 is 5.32 Å². The van der Waals surface area contributed by atoms with E-state index in [1.165, 1.54) is 6.07 Å². The van der Waals surface area contributed by atoms with Crippen molar-refractivity contribution in [2.75, 3.05) is 11.9 Å². The topological polar surface area (TPSA) is 49.3 Å². The van der Waals surface area contributed by atoms with Crippen molar-refractivity contribution in [2.24, 2.45) is 5.41 Å². The molecule has 0 spiro atoms. The Morgan fingerprint density at radius 2 is 2.18 bits per heavy atom. The van der Waals surface area contributed by atoms with Crippen molar-refractivity contribution in [1.82, 2.24) is 5.32 Å². The number of hydrogen-bond acceptors (Lipinski definition) is 2. The third-order valence-electron chi connectivity index (χ3n) is 2.29. The highest BCUT2D eigenvalue weighted by Gasteiger charge is 2.19. The van der Waals surface area contributed by atoms with Crippen LogP contribution in [0, 0.1) is 8.99 Å². The quantitative estimate of drug-likeness (QED) is 0.590. The van der Waals surface area contributed by atoms with E-state index >= 15 is 0 Å². The molecular formula is C12H15BrINO2. The minimum Gasteiger partial charge on any atom is -0.507 e. The average molecular weight is 412 g/mol. The molecule has 0 heterocycles. The zero-order valence-electron chi connectivity index (χ0n) is 9.76. The average Bonchev–Trinajstić information content (AvgIpc) is 2.29. The first-order chi connectivity index (χ1) is 7.85. The molecule has 0 aliphatic heterocycles. The van der Waals surface area contributed by atoms with Gasteiger partial charge in [0, 0.05) is 15.4 Å². The summed E-state index contributed by atoms with van der Waals surface area (Å²) >= 11 is 5.51. The van der Waals surface area contributed by atoms with Crippen LogP contribution >= 0.6 is 38.5 Å². The Morgan fingerprint density at radius 3 is 2.76 bits per heavy atom. The summed E-state index contributed by atoms with van der Waals surface area (Å²) in [6.07, 6.45) is 0. The van der Waals surface area contributed by atoms with Gasteiger partial charge in [0.2, 0.25) is 0 Å². The Morgan fingerprint density at radius 1 is 1.53 bits per heavy atom. The van der Waals surface area contributed by atoms with Crippen LogP contribution in [0.4, 0.5) is 0 Å². The van der Waals surface area contributed by atoms with Gasteiger partial charge in [-0.3, -0.25) is 4.79 Å². The SMILES string of the molecule is CC(C)(CBr)CNC(=O)c1cc(I)ccc1O. The number of amides is 1. The molecule has 2 N–H and O–H groups in total. The third-order valence-corrected chi connectivity index (χ3v) is 4.48. The molecule has 0 atom stereocenters. The fourth-order valence-electron chi connectivity index (χ4n) is 1.15. The predicted octanol–water partition coefficient (Wildman–Crippen LogP) is 3.15. The molecule has 3 nitrogen and oxygen atoms in total. The van der Waals surface area contributed by atoms with E-state index in [0.717, 1.165) is 8.90 Å². The Kier molecular flexibility index (Phi) is 5.24. The zero-order valence-corrected chi connectivity index (χ0v) is 13.5. The van der Waals surface area contributed by atoms with Crippen molar-refractivity contribution < 1.29 is 9.90 Å². The maximum Gasteiger partial charge on any atom is 0.255 e. The number of phenols is 1. The number of carbonyl (C=O) groups excluding carboxylic acids is 1. The number of nitrogens with one attached hydrogen (secondary N) is 1. The highest BCUT2D eigenvalue weighted by atomic mass is 127.